The molecule has 0 radical (unpaired) electrons. The molecule has 25 heavy (non-hydrogen) atoms. The van der Waals surface area contributed by atoms with E-state index < -0.39 is 5.97 Å². The monoisotopic (exact) mass is 337 g/mol. The fourth-order valence-corrected chi connectivity index (χ4v) is 2.10. The van der Waals surface area contributed by atoms with Crippen LogP contribution in [0.15, 0.2) is 73.8 Å². The van der Waals surface area contributed by atoms with E-state index in [2.05, 4.69) is 18.5 Å². The molecule has 0 saturated carbocycles. The second-order valence-electron chi connectivity index (χ2n) is 4.98. The van der Waals surface area contributed by atoms with Crippen molar-refractivity contribution in [3.8, 4) is 5.75 Å². The summed E-state index contributed by atoms with van der Waals surface area (Å²) in [6, 6.07) is 13.5. The van der Waals surface area contributed by atoms with Gasteiger partial charge in [-0.2, -0.15) is 0 Å². The lowest BCUT2D eigenvalue weighted by atomic mass is 10.1. The van der Waals surface area contributed by atoms with E-state index in [9.17, 15) is 9.59 Å². The lowest BCUT2D eigenvalue weighted by Crippen LogP contribution is -2.17. The Kier molecular flexibility index (Phi) is 6.54. The van der Waals surface area contributed by atoms with Crippen LogP contribution < -0.4 is 10.1 Å². The van der Waals surface area contributed by atoms with Crippen LogP contribution in [0.2, 0.25) is 0 Å². The molecule has 0 heterocycles. The summed E-state index contributed by atoms with van der Waals surface area (Å²) in [5, 5.41) is 2.73. The van der Waals surface area contributed by atoms with E-state index in [-0.39, 0.29) is 24.7 Å². The molecule has 0 unspecified atom stereocenters. The summed E-state index contributed by atoms with van der Waals surface area (Å²) >= 11 is 0. The number of nitrogens with one attached hydrogen (secondary N) is 1. The van der Waals surface area contributed by atoms with Crippen molar-refractivity contribution >= 4 is 17.6 Å². The lowest BCUT2D eigenvalue weighted by molar-refractivity contribution is 0.0551. The molecule has 0 atom stereocenters. The number of anilines is 1. The Morgan fingerprint density at radius 1 is 0.920 bits per heavy atom. The number of benzene rings is 2. The first-order valence-electron chi connectivity index (χ1n) is 7.68. The molecule has 1 N–H and O–H groups in total. The van der Waals surface area contributed by atoms with Crippen LogP contribution in [0, 0.1) is 0 Å². The molecule has 128 valence electrons. The molecule has 5 heteroatoms. The van der Waals surface area contributed by atoms with Gasteiger partial charge in [0.25, 0.3) is 5.91 Å². The van der Waals surface area contributed by atoms with Gasteiger partial charge in [0.05, 0.1) is 16.8 Å². The van der Waals surface area contributed by atoms with Crippen molar-refractivity contribution in [3.63, 3.8) is 0 Å². The molecule has 2 rings (SSSR count). The molecule has 0 spiro atoms. The van der Waals surface area contributed by atoms with Crippen molar-refractivity contribution in [3.05, 3.63) is 85.0 Å². The number of para-hydroxylation sites is 2. The van der Waals surface area contributed by atoms with Crippen LogP contribution in [0.5, 0.6) is 5.75 Å². The van der Waals surface area contributed by atoms with E-state index in [1.165, 1.54) is 6.08 Å². The van der Waals surface area contributed by atoms with Crippen molar-refractivity contribution in [2.24, 2.45) is 0 Å². The number of carbonyl (C=O) groups is 2. The molecular formula is C20H19NO4. The molecular weight excluding hydrogens is 318 g/mol. The zero-order valence-electron chi connectivity index (χ0n) is 13.7. The summed E-state index contributed by atoms with van der Waals surface area (Å²) in [7, 11) is 0. The first kappa shape index (κ1) is 18.0. The molecule has 0 bridgehead atoms. The quantitative estimate of drug-likeness (QED) is 0.587. The number of amides is 1. The van der Waals surface area contributed by atoms with Gasteiger partial charge in [0, 0.05) is 0 Å². The molecule has 0 aliphatic carbocycles. The number of hydrogen-bond acceptors (Lipinski definition) is 4. The molecule has 2 aromatic carbocycles. The highest BCUT2D eigenvalue weighted by Crippen LogP contribution is 2.22. The molecule has 2 aromatic rings. The summed E-state index contributed by atoms with van der Waals surface area (Å²) in [5.74, 6) is -0.484. The number of ether oxygens (including phenoxy) is 2. The van der Waals surface area contributed by atoms with E-state index in [0.717, 1.165) is 0 Å². The fourth-order valence-electron chi connectivity index (χ4n) is 2.10. The first-order valence-corrected chi connectivity index (χ1v) is 7.68. The molecule has 0 aliphatic heterocycles. The second-order valence-corrected chi connectivity index (χ2v) is 4.98. The third kappa shape index (κ3) is 4.81. The van der Waals surface area contributed by atoms with Gasteiger partial charge < -0.3 is 14.8 Å². The fraction of sp³-hybridized carbons (Fsp3) is 0.100. The summed E-state index contributed by atoms with van der Waals surface area (Å²) in [4.78, 5) is 24.7. The van der Waals surface area contributed by atoms with Crippen LogP contribution in [-0.2, 0) is 4.74 Å². The van der Waals surface area contributed by atoms with Crippen molar-refractivity contribution in [1.82, 2.24) is 0 Å². The van der Waals surface area contributed by atoms with Gasteiger partial charge in [-0.3, -0.25) is 4.79 Å². The van der Waals surface area contributed by atoms with Gasteiger partial charge in [0.1, 0.15) is 19.0 Å². The Morgan fingerprint density at radius 2 is 1.56 bits per heavy atom. The number of hydrogen-bond donors (Lipinski definition) is 1. The SMILES string of the molecule is C=CCOC(=O)c1ccccc1NC(=O)c1ccccc1OCC=C. The van der Waals surface area contributed by atoms with E-state index in [1.807, 2.05) is 0 Å². The number of esters is 1. The van der Waals surface area contributed by atoms with E-state index in [1.54, 1.807) is 54.6 Å². The van der Waals surface area contributed by atoms with Crippen LogP contribution in [0.25, 0.3) is 0 Å². The molecule has 0 aliphatic rings. The van der Waals surface area contributed by atoms with Crippen molar-refractivity contribution in [1.29, 1.82) is 0 Å². The zero-order valence-corrected chi connectivity index (χ0v) is 13.7. The third-order valence-electron chi connectivity index (χ3n) is 3.22. The second kappa shape index (κ2) is 9.08. The Bertz CT molecular complexity index is 783. The van der Waals surface area contributed by atoms with E-state index >= 15 is 0 Å². The van der Waals surface area contributed by atoms with Crippen LogP contribution in [0.3, 0.4) is 0 Å². The predicted octanol–water partition coefficient (Wildman–Crippen LogP) is 3.85. The van der Waals surface area contributed by atoms with Crippen LogP contribution >= 0.6 is 0 Å². The molecule has 0 fully saturated rings. The molecule has 0 saturated heterocycles. The van der Waals surface area contributed by atoms with Crippen LogP contribution in [0.4, 0.5) is 5.69 Å². The average molecular weight is 337 g/mol. The molecule has 0 aromatic heterocycles. The van der Waals surface area contributed by atoms with Crippen LogP contribution in [-0.4, -0.2) is 25.1 Å². The predicted molar refractivity (Wildman–Crippen MR) is 97.0 cm³/mol. The average Bonchev–Trinajstić information content (AvgIpc) is 2.65. The van der Waals surface area contributed by atoms with Gasteiger partial charge in [-0.25, -0.2) is 4.79 Å². The van der Waals surface area contributed by atoms with Gasteiger partial charge in [-0.15, -0.1) is 0 Å². The minimum atomic E-state index is -0.535. The standard InChI is InChI=1S/C20H19NO4/c1-3-13-24-18-12-8-6-10-16(18)19(22)21-17-11-7-5-9-15(17)20(23)25-14-4-2/h3-12H,1-2,13-14H2,(H,21,22). The smallest absolute Gasteiger partial charge is 0.340 e. The maximum atomic E-state index is 12.6. The Morgan fingerprint density at radius 3 is 2.28 bits per heavy atom. The van der Waals surface area contributed by atoms with Gasteiger partial charge in [-0.1, -0.05) is 49.6 Å². The highest BCUT2D eigenvalue weighted by Gasteiger charge is 2.17. The van der Waals surface area contributed by atoms with E-state index in [0.29, 0.717) is 17.0 Å². The highest BCUT2D eigenvalue weighted by molar-refractivity contribution is 6.09. The third-order valence-corrected chi connectivity index (χ3v) is 3.22. The van der Waals surface area contributed by atoms with Crippen LogP contribution in [0.1, 0.15) is 20.7 Å². The van der Waals surface area contributed by atoms with Crippen molar-refractivity contribution < 1.29 is 19.1 Å². The van der Waals surface area contributed by atoms with Gasteiger partial charge in [0.2, 0.25) is 0 Å². The van der Waals surface area contributed by atoms with Gasteiger partial charge in [-0.05, 0) is 24.3 Å². The minimum Gasteiger partial charge on any atom is -0.489 e. The summed E-state index contributed by atoms with van der Waals surface area (Å²) in [5.41, 5.74) is 0.987. The van der Waals surface area contributed by atoms with Crippen molar-refractivity contribution in [2.45, 2.75) is 0 Å². The Labute approximate surface area is 146 Å². The van der Waals surface area contributed by atoms with E-state index in [4.69, 9.17) is 9.47 Å². The number of carbonyl (C=O) groups excluding carboxylic acids is 2. The summed E-state index contributed by atoms with van der Waals surface area (Å²) < 4.78 is 10.5. The highest BCUT2D eigenvalue weighted by atomic mass is 16.5. The molecule has 5 nitrogen and oxygen atoms in total. The van der Waals surface area contributed by atoms with Crippen molar-refractivity contribution in [2.75, 3.05) is 18.5 Å². The zero-order chi connectivity index (χ0) is 18.1. The Balaban J connectivity index is 2.23. The maximum Gasteiger partial charge on any atom is 0.340 e. The van der Waals surface area contributed by atoms with Gasteiger partial charge in [0.15, 0.2) is 0 Å². The first-order chi connectivity index (χ1) is 12.2. The molecule has 1 amide bonds. The Hall–Kier alpha value is -3.34. The van der Waals surface area contributed by atoms with Gasteiger partial charge >= 0.3 is 5.97 Å². The normalized spacial score (nSPS) is 9.76. The summed E-state index contributed by atoms with van der Waals surface area (Å²) in [6.07, 6.45) is 3.08. The minimum absolute atomic E-state index is 0.0966. The summed E-state index contributed by atoms with van der Waals surface area (Å²) in [6.45, 7) is 7.48. The number of rotatable bonds is 8. The largest absolute Gasteiger partial charge is 0.489 e. The lowest BCUT2D eigenvalue weighted by Gasteiger charge is -2.13. The maximum absolute atomic E-state index is 12.6. The topological polar surface area (TPSA) is 64.6 Å².